The number of methoxy groups -OCH3 is 1. The molecule has 0 atom stereocenters. The number of oxazole rings is 1. The van der Waals surface area contributed by atoms with E-state index in [-0.39, 0.29) is 23.0 Å². The first-order chi connectivity index (χ1) is 12.5. The molecule has 3 aromatic rings. The number of nitrogens with zero attached hydrogens (tertiary/aromatic N) is 3. The Morgan fingerprint density at radius 3 is 2.69 bits per heavy atom. The zero-order chi connectivity index (χ0) is 18.7. The monoisotopic (exact) mass is 417 g/mol. The van der Waals surface area contributed by atoms with Gasteiger partial charge in [0.25, 0.3) is 5.69 Å². The summed E-state index contributed by atoms with van der Waals surface area (Å²) in [6.07, 6.45) is 1.20. The van der Waals surface area contributed by atoms with Crippen molar-refractivity contribution < 1.29 is 19.2 Å². The molecule has 0 aliphatic rings. The second-order valence-corrected chi connectivity index (χ2v) is 6.00. The summed E-state index contributed by atoms with van der Waals surface area (Å²) in [6, 6.07) is 11.4. The van der Waals surface area contributed by atoms with Crippen molar-refractivity contribution in [2.75, 3.05) is 7.11 Å². The molecule has 0 bridgehead atoms. The predicted molar refractivity (Wildman–Crippen MR) is 98.2 cm³/mol. The number of benzene rings is 2. The van der Waals surface area contributed by atoms with Crippen molar-refractivity contribution >= 4 is 33.5 Å². The number of aliphatic imine (C=N–C) groups is 1. The Kier molecular flexibility index (Phi) is 4.99. The Balaban J connectivity index is 1.92. The summed E-state index contributed by atoms with van der Waals surface area (Å²) in [7, 11) is 1.42. The number of aromatic nitrogens is 1. The lowest BCUT2D eigenvalue weighted by Crippen LogP contribution is -1.91. The van der Waals surface area contributed by atoms with Gasteiger partial charge in [-0.25, -0.2) is 9.98 Å². The van der Waals surface area contributed by atoms with E-state index in [2.05, 4.69) is 25.9 Å². The molecule has 0 aliphatic carbocycles. The van der Waals surface area contributed by atoms with E-state index >= 15 is 0 Å². The van der Waals surface area contributed by atoms with Gasteiger partial charge in [-0.15, -0.1) is 0 Å². The third-order valence-corrected chi connectivity index (χ3v) is 3.96. The Morgan fingerprint density at radius 1 is 1.31 bits per heavy atom. The highest BCUT2D eigenvalue weighted by Crippen LogP contribution is 2.32. The fourth-order valence-electron chi connectivity index (χ4n) is 2.14. The maximum absolute atomic E-state index is 11.2. The first kappa shape index (κ1) is 17.6. The van der Waals surface area contributed by atoms with Gasteiger partial charge in [0.2, 0.25) is 5.89 Å². The fourth-order valence-corrected chi connectivity index (χ4v) is 2.40. The van der Waals surface area contributed by atoms with E-state index < -0.39 is 10.9 Å². The van der Waals surface area contributed by atoms with Crippen LogP contribution in [0.15, 0.2) is 56.3 Å². The van der Waals surface area contributed by atoms with Gasteiger partial charge in [-0.05, 0) is 36.4 Å². The van der Waals surface area contributed by atoms with Gasteiger partial charge in [-0.1, -0.05) is 15.9 Å². The summed E-state index contributed by atoms with van der Waals surface area (Å²) in [5.74, 6) is 0.126. The minimum atomic E-state index is -0.564. The Morgan fingerprint density at radius 2 is 2.04 bits per heavy atom. The SMILES string of the molecule is COc1ccc(N=Cc2nc(-c3ccc(Br)cc3)oc2O)c([N+](=O)[O-])c1. The maximum atomic E-state index is 11.2. The third kappa shape index (κ3) is 3.72. The normalized spacial score (nSPS) is 11.0. The van der Waals surface area contributed by atoms with Crippen LogP contribution in [0.3, 0.4) is 0 Å². The first-order valence-corrected chi connectivity index (χ1v) is 8.09. The highest BCUT2D eigenvalue weighted by atomic mass is 79.9. The molecule has 0 spiro atoms. The average molecular weight is 418 g/mol. The van der Waals surface area contributed by atoms with Crippen LogP contribution in [-0.2, 0) is 0 Å². The molecule has 0 unspecified atom stereocenters. The molecule has 1 aromatic heterocycles. The van der Waals surface area contributed by atoms with E-state index in [1.165, 1.54) is 25.5 Å². The van der Waals surface area contributed by atoms with E-state index in [9.17, 15) is 15.2 Å². The van der Waals surface area contributed by atoms with Crippen molar-refractivity contribution in [3.8, 4) is 23.1 Å². The lowest BCUT2D eigenvalue weighted by atomic mass is 10.2. The summed E-state index contributed by atoms with van der Waals surface area (Å²) in [5, 5.41) is 21.1. The summed E-state index contributed by atoms with van der Waals surface area (Å²) in [5.41, 5.74) is 0.603. The van der Waals surface area contributed by atoms with Gasteiger partial charge < -0.3 is 14.3 Å². The largest absolute Gasteiger partial charge is 0.496 e. The number of nitro benzene ring substituents is 1. The second kappa shape index (κ2) is 7.36. The van der Waals surface area contributed by atoms with Crippen LogP contribution < -0.4 is 4.74 Å². The molecule has 26 heavy (non-hydrogen) atoms. The molecule has 1 N–H and O–H groups in total. The standard InChI is InChI=1S/C17H12BrN3O5/c1-25-12-6-7-13(15(8-12)21(23)24)19-9-14-17(22)26-16(20-14)10-2-4-11(18)5-3-10/h2-9,22H,1H3. The van der Waals surface area contributed by atoms with Crippen LogP contribution in [0.5, 0.6) is 11.7 Å². The van der Waals surface area contributed by atoms with E-state index in [1.807, 2.05) is 12.1 Å². The van der Waals surface area contributed by atoms with Gasteiger partial charge in [0, 0.05) is 10.0 Å². The van der Waals surface area contributed by atoms with Gasteiger partial charge >= 0.3 is 5.95 Å². The molecule has 0 radical (unpaired) electrons. The molecule has 0 fully saturated rings. The van der Waals surface area contributed by atoms with Crippen LogP contribution >= 0.6 is 15.9 Å². The van der Waals surface area contributed by atoms with E-state index in [4.69, 9.17) is 9.15 Å². The summed E-state index contributed by atoms with van der Waals surface area (Å²) in [4.78, 5) is 18.8. The molecule has 8 nitrogen and oxygen atoms in total. The predicted octanol–water partition coefficient (Wildman–Crippen LogP) is 4.48. The van der Waals surface area contributed by atoms with Crippen LogP contribution in [0.1, 0.15) is 5.69 Å². The van der Waals surface area contributed by atoms with Crippen LogP contribution in [-0.4, -0.2) is 28.3 Å². The van der Waals surface area contributed by atoms with Crippen LogP contribution in [0.2, 0.25) is 0 Å². The number of hydrogen-bond acceptors (Lipinski definition) is 7. The van der Waals surface area contributed by atoms with E-state index in [1.54, 1.807) is 18.2 Å². The van der Waals surface area contributed by atoms with Gasteiger partial charge in [0.05, 0.1) is 24.3 Å². The number of halogens is 1. The van der Waals surface area contributed by atoms with Crippen LogP contribution in [0.25, 0.3) is 11.5 Å². The van der Waals surface area contributed by atoms with Crippen molar-refractivity contribution in [1.82, 2.24) is 4.98 Å². The number of hydrogen-bond donors (Lipinski definition) is 1. The summed E-state index contributed by atoms with van der Waals surface area (Å²) >= 11 is 3.33. The first-order valence-electron chi connectivity index (χ1n) is 7.30. The summed E-state index contributed by atoms with van der Waals surface area (Å²) < 4.78 is 11.1. The van der Waals surface area contributed by atoms with Gasteiger partial charge in [-0.3, -0.25) is 10.1 Å². The van der Waals surface area contributed by atoms with Crippen molar-refractivity contribution in [3.63, 3.8) is 0 Å². The fraction of sp³-hybridized carbons (Fsp3) is 0.0588. The number of nitro groups is 1. The quantitative estimate of drug-likeness (QED) is 0.372. The van der Waals surface area contributed by atoms with Crippen molar-refractivity contribution in [1.29, 1.82) is 0 Å². The lowest BCUT2D eigenvalue weighted by molar-refractivity contribution is -0.384. The Bertz CT molecular complexity index is 983. The molecule has 0 saturated heterocycles. The molecule has 0 aliphatic heterocycles. The van der Waals surface area contributed by atoms with E-state index in [0.717, 1.165) is 4.47 Å². The topological polar surface area (TPSA) is 111 Å². The molecule has 0 amide bonds. The highest BCUT2D eigenvalue weighted by molar-refractivity contribution is 9.10. The minimum absolute atomic E-state index is 0.0630. The molecule has 3 rings (SSSR count). The number of ether oxygens (including phenoxy) is 1. The zero-order valence-electron chi connectivity index (χ0n) is 13.4. The molecule has 1 heterocycles. The van der Waals surface area contributed by atoms with Crippen LogP contribution in [0, 0.1) is 10.1 Å². The number of rotatable bonds is 5. The maximum Gasteiger partial charge on any atom is 0.312 e. The second-order valence-electron chi connectivity index (χ2n) is 5.09. The molecule has 132 valence electrons. The molecule has 0 saturated carbocycles. The molecule has 2 aromatic carbocycles. The van der Waals surface area contributed by atoms with Crippen molar-refractivity contribution in [3.05, 3.63) is 62.7 Å². The number of aromatic hydroxyl groups is 1. The Hall–Kier alpha value is -3.20. The van der Waals surface area contributed by atoms with Gasteiger partial charge in [-0.2, -0.15) is 0 Å². The molecular weight excluding hydrogens is 406 g/mol. The van der Waals surface area contributed by atoms with Crippen LogP contribution in [0.4, 0.5) is 11.4 Å². The zero-order valence-corrected chi connectivity index (χ0v) is 15.0. The molecule has 9 heteroatoms. The van der Waals surface area contributed by atoms with Gasteiger partial charge in [0.1, 0.15) is 11.4 Å². The Labute approximate surface area is 156 Å². The minimum Gasteiger partial charge on any atom is -0.496 e. The molecular formula is C17H12BrN3O5. The lowest BCUT2D eigenvalue weighted by Gasteiger charge is -2.01. The summed E-state index contributed by atoms with van der Waals surface area (Å²) in [6.45, 7) is 0. The van der Waals surface area contributed by atoms with E-state index in [0.29, 0.717) is 11.3 Å². The third-order valence-electron chi connectivity index (χ3n) is 3.43. The average Bonchev–Trinajstić information content (AvgIpc) is 3.01. The van der Waals surface area contributed by atoms with Crippen molar-refractivity contribution in [2.45, 2.75) is 0 Å². The van der Waals surface area contributed by atoms with Gasteiger partial charge in [0.15, 0.2) is 5.69 Å². The van der Waals surface area contributed by atoms with Crippen molar-refractivity contribution in [2.24, 2.45) is 4.99 Å². The smallest absolute Gasteiger partial charge is 0.312 e. The highest BCUT2D eigenvalue weighted by Gasteiger charge is 2.16.